The van der Waals surface area contributed by atoms with Crippen LogP contribution in [0.4, 0.5) is 5.69 Å². The van der Waals surface area contributed by atoms with E-state index in [2.05, 4.69) is 24.4 Å². The standard InChI is InChI=1S/C20H29NO/c1-3-5-7-8-9-11-12-18-14-16-19(17-15-18)21-20(22)13-10-6-4-2/h4,6,10,13-17H,3,5,7-9,11-12H2,1-2H3,(H,21,22)/b6-4+,13-10+. The van der Waals surface area contributed by atoms with Gasteiger partial charge in [-0.05, 0) is 37.5 Å². The number of benzene rings is 1. The summed E-state index contributed by atoms with van der Waals surface area (Å²) in [6.45, 7) is 4.17. The van der Waals surface area contributed by atoms with E-state index >= 15 is 0 Å². The summed E-state index contributed by atoms with van der Waals surface area (Å²) in [5.74, 6) is -0.0956. The fourth-order valence-electron chi connectivity index (χ4n) is 2.30. The van der Waals surface area contributed by atoms with Gasteiger partial charge in [-0.3, -0.25) is 4.79 Å². The summed E-state index contributed by atoms with van der Waals surface area (Å²) in [6, 6.07) is 8.18. The van der Waals surface area contributed by atoms with Crippen molar-refractivity contribution >= 4 is 11.6 Å². The van der Waals surface area contributed by atoms with Gasteiger partial charge < -0.3 is 5.32 Å². The van der Waals surface area contributed by atoms with Gasteiger partial charge in [0.25, 0.3) is 0 Å². The summed E-state index contributed by atoms with van der Waals surface area (Å²) in [6.07, 6.45) is 16.1. The monoisotopic (exact) mass is 299 g/mol. The first-order valence-corrected chi connectivity index (χ1v) is 8.45. The second kappa shape index (κ2) is 11.8. The molecule has 0 heterocycles. The van der Waals surface area contributed by atoms with Gasteiger partial charge in [-0.2, -0.15) is 0 Å². The number of carbonyl (C=O) groups is 1. The van der Waals surface area contributed by atoms with E-state index in [1.165, 1.54) is 50.2 Å². The maximum atomic E-state index is 11.6. The Labute approximate surface area is 135 Å². The third kappa shape index (κ3) is 8.46. The molecule has 2 heteroatoms. The van der Waals surface area contributed by atoms with Crippen molar-refractivity contribution in [2.75, 3.05) is 5.32 Å². The highest BCUT2D eigenvalue weighted by Gasteiger charge is 1.98. The Bertz CT molecular complexity index is 471. The van der Waals surface area contributed by atoms with Crippen LogP contribution in [0.25, 0.3) is 0 Å². The highest BCUT2D eigenvalue weighted by atomic mass is 16.1. The minimum absolute atomic E-state index is 0.0956. The molecule has 0 saturated carbocycles. The maximum Gasteiger partial charge on any atom is 0.248 e. The molecule has 0 bridgehead atoms. The lowest BCUT2D eigenvalue weighted by Crippen LogP contribution is -2.07. The summed E-state index contributed by atoms with van der Waals surface area (Å²) in [4.78, 5) is 11.6. The molecule has 0 aliphatic heterocycles. The fraction of sp³-hybridized carbons (Fsp3) is 0.450. The number of carbonyl (C=O) groups excluding carboxylic acids is 1. The van der Waals surface area contributed by atoms with Crippen molar-refractivity contribution in [3.05, 3.63) is 54.1 Å². The van der Waals surface area contributed by atoms with Crippen molar-refractivity contribution in [1.82, 2.24) is 0 Å². The van der Waals surface area contributed by atoms with Crippen LogP contribution in [0.15, 0.2) is 48.6 Å². The van der Waals surface area contributed by atoms with Crippen LogP contribution < -0.4 is 5.32 Å². The molecule has 2 nitrogen and oxygen atoms in total. The summed E-state index contributed by atoms with van der Waals surface area (Å²) in [5.41, 5.74) is 2.19. The largest absolute Gasteiger partial charge is 0.323 e. The highest BCUT2D eigenvalue weighted by Crippen LogP contribution is 2.13. The van der Waals surface area contributed by atoms with E-state index in [0.29, 0.717) is 0 Å². The van der Waals surface area contributed by atoms with E-state index in [0.717, 1.165) is 12.1 Å². The predicted octanol–water partition coefficient (Wildman–Crippen LogP) is 5.66. The Morgan fingerprint density at radius 2 is 1.68 bits per heavy atom. The van der Waals surface area contributed by atoms with Gasteiger partial charge in [-0.1, -0.05) is 69.4 Å². The first kappa shape index (κ1) is 18.2. The van der Waals surface area contributed by atoms with Gasteiger partial charge in [0.15, 0.2) is 0 Å². The van der Waals surface area contributed by atoms with Crippen molar-refractivity contribution in [1.29, 1.82) is 0 Å². The molecule has 0 radical (unpaired) electrons. The normalized spacial score (nSPS) is 11.4. The van der Waals surface area contributed by atoms with Crippen LogP contribution >= 0.6 is 0 Å². The Hall–Kier alpha value is -1.83. The molecule has 0 atom stereocenters. The zero-order valence-corrected chi connectivity index (χ0v) is 14.0. The quantitative estimate of drug-likeness (QED) is 0.337. The minimum Gasteiger partial charge on any atom is -0.323 e. The second-order valence-corrected chi connectivity index (χ2v) is 5.59. The van der Waals surface area contributed by atoms with Crippen LogP contribution in [0.2, 0.25) is 0 Å². The molecular formula is C20H29NO. The number of anilines is 1. The van der Waals surface area contributed by atoms with Crippen LogP contribution in [0.1, 0.15) is 57.9 Å². The average Bonchev–Trinajstić information content (AvgIpc) is 2.52. The molecule has 0 aliphatic rings. The van der Waals surface area contributed by atoms with E-state index in [9.17, 15) is 4.79 Å². The lowest BCUT2D eigenvalue weighted by atomic mass is 10.0. The number of allylic oxidation sites excluding steroid dienone is 3. The Morgan fingerprint density at radius 3 is 2.36 bits per heavy atom. The molecule has 0 unspecified atom stereocenters. The molecule has 22 heavy (non-hydrogen) atoms. The molecule has 120 valence electrons. The molecule has 1 amide bonds. The summed E-state index contributed by atoms with van der Waals surface area (Å²) in [7, 11) is 0. The van der Waals surface area contributed by atoms with Gasteiger partial charge in [-0.25, -0.2) is 0 Å². The highest BCUT2D eigenvalue weighted by molar-refractivity contribution is 5.99. The zero-order valence-electron chi connectivity index (χ0n) is 14.0. The lowest BCUT2D eigenvalue weighted by molar-refractivity contribution is -0.111. The molecule has 1 aromatic carbocycles. The Morgan fingerprint density at radius 1 is 1.00 bits per heavy atom. The van der Waals surface area contributed by atoms with Crippen molar-refractivity contribution < 1.29 is 4.79 Å². The number of aryl methyl sites for hydroxylation is 1. The topological polar surface area (TPSA) is 29.1 Å². The average molecular weight is 299 g/mol. The molecule has 0 aliphatic carbocycles. The Kier molecular flexibility index (Phi) is 9.76. The third-order valence-electron chi connectivity index (χ3n) is 3.59. The molecule has 1 N–H and O–H groups in total. The van der Waals surface area contributed by atoms with Crippen molar-refractivity contribution in [3.8, 4) is 0 Å². The van der Waals surface area contributed by atoms with Crippen molar-refractivity contribution in [3.63, 3.8) is 0 Å². The number of unbranched alkanes of at least 4 members (excludes halogenated alkanes) is 5. The van der Waals surface area contributed by atoms with Crippen molar-refractivity contribution in [2.24, 2.45) is 0 Å². The van der Waals surface area contributed by atoms with Gasteiger partial charge in [0.1, 0.15) is 0 Å². The van der Waals surface area contributed by atoms with Crippen LogP contribution in [-0.2, 0) is 11.2 Å². The lowest BCUT2D eigenvalue weighted by Gasteiger charge is -2.05. The summed E-state index contributed by atoms with van der Waals surface area (Å²) in [5, 5.41) is 2.86. The van der Waals surface area contributed by atoms with E-state index in [1.54, 1.807) is 6.08 Å². The van der Waals surface area contributed by atoms with Crippen LogP contribution in [0.5, 0.6) is 0 Å². The maximum absolute atomic E-state index is 11.6. The first-order chi connectivity index (χ1) is 10.8. The van der Waals surface area contributed by atoms with Crippen molar-refractivity contribution in [2.45, 2.75) is 58.8 Å². The summed E-state index contributed by atoms with van der Waals surface area (Å²) >= 11 is 0. The molecule has 1 rings (SSSR count). The molecule has 0 aromatic heterocycles. The minimum atomic E-state index is -0.0956. The smallest absolute Gasteiger partial charge is 0.248 e. The molecular weight excluding hydrogens is 270 g/mol. The predicted molar refractivity (Wildman–Crippen MR) is 96.1 cm³/mol. The van der Waals surface area contributed by atoms with Gasteiger partial charge in [0.05, 0.1) is 0 Å². The van der Waals surface area contributed by atoms with Gasteiger partial charge >= 0.3 is 0 Å². The summed E-state index contributed by atoms with van der Waals surface area (Å²) < 4.78 is 0. The second-order valence-electron chi connectivity index (χ2n) is 5.59. The fourth-order valence-corrected chi connectivity index (χ4v) is 2.30. The number of hydrogen-bond acceptors (Lipinski definition) is 1. The first-order valence-electron chi connectivity index (χ1n) is 8.45. The van der Waals surface area contributed by atoms with E-state index in [4.69, 9.17) is 0 Å². The van der Waals surface area contributed by atoms with E-state index in [1.807, 2.05) is 31.2 Å². The van der Waals surface area contributed by atoms with Gasteiger partial charge in [-0.15, -0.1) is 0 Å². The molecule has 0 saturated heterocycles. The number of amides is 1. The Balaban J connectivity index is 2.29. The zero-order chi connectivity index (χ0) is 16.0. The SMILES string of the molecule is C/C=C/C=C/C(=O)Nc1ccc(CCCCCCCC)cc1. The number of nitrogens with one attached hydrogen (secondary N) is 1. The van der Waals surface area contributed by atoms with Gasteiger partial charge in [0, 0.05) is 11.8 Å². The number of hydrogen-bond donors (Lipinski definition) is 1. The van der Waals surface area contributed by atoms with Crippen LogP contribution in [0.3, 0.4) is 0 Å². The van der Waals surface area contributed by atoms with E-state index < -0.39 is 0 Å². The molecule has 0 spiro atoms. The molecule has 1 aromatic rings. The van der Waals surface area contributed by atoms with Crippen LogP contribution in [0, 0.1) is 0 Å². The van der Waals surface area contributed by atoms with E-state index in [-0.39, 0.29) is 5.91 Å². The third-order valence-corrected chi connectivity index (χ3v) is 3.59. The molecule has 0 fully saturated rings. The number of rotatable bonds is 10. The van der Waals surface area contributed by atoms with Crippen LogP contribution in [-0.4, -0.2) is 5.91 Å². The van der Waals surface area contributed by atoms with Gasteiger partial charge in [0.2, 0.25) is 5.91 Å².